The van der Waals surface area contributed by atoms with Crippen LogP contribution < -0.4 is 14.8 Å². The van der Waals surface area contributed by atoms with Gasteiger partial charge in [-0.05, 0) is 36.8 Å². The minimum Gasteiger partial charge on any atom is -0.479 e. The van der Waals surface area contributed by atoms with E-state index in [1.165, 1.54) is 0 Å². The summed E-state index contributed by atoms with van der Waals surface area (Å²) in [6, 6.07) is 17.4. The Morgan fingerprint density at radius 3 is 2.57 bits per heavy atom. The van der Waals surface area contributed by atoms with Crippen molar-refractivity contribution in [2.24, 2.45) is 0 Å². The molecule has 0 radical (unpaired) electrons. The summed E-state index contributed by atoms with van der Waals surface area (Å²) in [6.07, 6.45) is 3.31. The quantitative estimate of drug-likeness (QED) is 0.467. The lowest BCUT2D eigenvalue weighted by Gasteiger charge is -2.22. The summed E-state index contributed by atoms with van der Waals surface area (Å²) in [6.45, 7) is 4.39. The molecule has 9 nitrogen and oxygen atoms in total. The average molecular weight is 471 g/mol. The van der Waals surface area contributed by atoms with Crippen LogP contribution >= 0.6 is 0 Å². The predicted molar refractivity (Wildman–Crippen MR) is 131 cm³/mol. The molecule has 5 rings (SSSR count). The van der Waals surface area contributed by atoms with Crippen molar-refractivity contribution in [1.29, 1.82) is 0 Å². The van der Waals surface area contributed by atoms with Gasteiger partial charge in [-0.1, -0.05) is 30.3 Å². The highest BCUT2D eigenvalue weighted by molar-refractivity contribution is 5.73. The van der Waals surface area contributed by atoms with E-state index >= 15 is 0 Å². The van der Waals surface area contributed by atoms with E-state index in [4.69, 9.17) is 14.5 Å². The molecule has 0 spiro atoms. The van der Waals surface area contributed by atoms with Crippen molar-refractivity contribution in [2.75, 3.05) is 19.0 Å². The Labute approximate surface area is 203 Å². The number of amides is 1. The van der Waals surface area contributed by atoms with Crippen molar-refractivity contribution in [2.45, 2.75) is 26.5 Å². The Balaban J connectivity index is 1.43. The van der Waals surface area contributed by atoms with Gasteiger partial charge in [0, 0.05) is 18.7 Å². The highest BCUT2D eigenvalue weighted by Crippen LogP contribution is 2.32. The fourth-order valence-electron chi connectivity index (χ4n) is 4.02. The lowest BCUT2D eigenvalue weighted by molar-refractivity contribution is -0.130. The molecule has 0 saturated heterocycles. The zero-order chi connectivity index (χ0) is 24.4. The third-order valence-corrected chi connectivity index (χ3v) is 5.84. The molecule has 0 bridgehead atoms. The van der Waals surface area contributed by atoms with Crippen molar-refractivity contribution in [3.8, 4) is 17.4 Å². The number of anilines is 2. The fourth-order valence-corrected chi connectivity index (χ4v) is 4.02. The molecule has 1 atom stereocenters. The van der Waals surface area contributed by atoms with E-state index in [0.717, 1.165) is 22.5 Å². The number of nitrogens with one attached hydrogen (secondary N) is 1. The first-order valence-electron chi connectivity index (χ1n) is 11.3. The molecule has 0 saturated carbocycles. The summed E-state index contributed by atoms with van der Waals surface area (Å²) in [4.78, 5) is 27.6. The molecule has 178 valence electrons. The Morgan fingerprint density at radius 2 is 1.86 bits per heavy atom. The SMILES string of the molecule is COc1nc(Nc2ccc3c(n2)OC(c2ccccc2)CN(C(C)=O)C3)ccc1-n1cnc(C)c1. The van der Waals surface area contributed by atoms with E-state index in [-0.39, 0.29) is 12.0 Å². The van der Waals surface area contributed by atoms with E-state index in [0.29, 0.717) is 36.5 Å². The number of nitrogens with zero attached hydrogens (tertiary/aromatic N) is 5. The summed E-state index contributed by atoms with van der Waals surface area (Å²) >= 11 is 0. The normalized spacial score (nSPS) is 15.1. The summed E-state index contributed by atoms with van der Waals surface area (Å²) < 4.78 is 13.7. The van der Waals surface area contributed by atoms with Crippen LogP contribution in [-0.4, -0.2) is 44.0 Å². The highest BCUT2D eigenvalue weighted by atomic mass is 16.5. The second-order valence-electron chi connectivity index (χ2n) is 8.35. The van der Waals surface area contributed by atoms with Crippen molar-refractivity contribution >= 4 is 17.5 Å². The number of pyridine rings is 2. The Morgan fingerprint density at radius 1 is 1.09 bits per heavy atom. The summed E-state index contributed by atoms with van der Waals surface area (Å²) in [7, 11) is 1.58. The van der Waals surface area contributed by atoms with Crippen LogP contribution in [-0.2, 0) is 11.3 Å². The molecule has 1 aliphatic heterocycles. The molecular formula is C26H26N6O3. The molecule has 4 heterocycles. The fraction of sp³-hybridized carbons (Fsp3) is 0.231. The summed E-state index contributed by atoms with van der Waals surface area (Å²) in [5.74, 6) is 2.10. The molecule has 3 aromatic heterocycles. The number of methoxy groups -OCH3 is 1. The van der Waals surface area contributed by atoms with Crippen LogP contribution in [0.2, 0.25) is 0 Å². The number of hydrogen-bond acceptors (Lipinski definition) is 7. The number of aryl methyl sites for hydroxylation is 1. The smallest absolute Gasteiger partial charge is 0.240 e. The number of carbonyl (C=O) groups is 1. The van der Waals surface area contributed by atoms with E-state index in [1.807, 2.05) is 72.3 Å². The first-order valence-corrected chi connectivity index (χ1v) is 11.3. The largest absolute Gasteiger partial charge is 0.479 e. The second kappa shape index (κ2) is 9.46. The highest BCUT2D eigenvalue weighted by Gasteiger charge is 2.27. The van der Waals surface area contributed by atoms with Crippen molar-refractivity contribution in [1.82, 2.24) is 24.4 Å². The molecular weight excluding hydrogens is 444 g/mol. The number of fused-ring (bicyclic) bond motifs is 1. The van der Waals surface area contributed by atoms with E-state index in [2.05, 4.69) is 15.3 Å². The summed E-state index contributed by atoms with van der Waals surface area (Å²) in [5, 5.41) is 3.23. The van der Waals surface area contributed by atoms with Gasteiger partial charge in [0.15, 0.2) is 0 Å². The Kier molecular flexibility index (Phi) is 6.05. The number of benzene rings is 1. The van der Waals surface area contributed by atoms with Crippen molar-refractivity contribution in [3.63, 3.8) is 0 Å². The van der Waals surface area contributed by atoms with E-state index in [1.54, 1.807) is 25.3 Å². The zero-order valence-electron chi connectivity index (χ0n) is 19.8. The lowest BCUT2D eigenvalue weighted by atomic mass is 10.1. The van der Waals surface area contributed by atoms with Crippen molar-refractivity contribution in [3.05, 3.63) is 83.9 Å². The van der Waals surface area contributed by atoms with E-state index < -0.39 is 0 Å². The van der Waals surface area contributed by atoms with Gasteiger partial charge in [0.2, 0.25) is 17.7 Å². The van der Waals surface area contributed by atoms with E-state index in [9.17, 15) is 4.79 Å². The first-order chi connectivity index (χ1) is 17.0. The number of imidazole rings is 1. The van der Waals surface area contributed by atoms with Crippen LogP contribution in [0, 0.1) is 6.92 Å². The Bertz CT molecular complexity index is 1350. The van der Waals surface area contributed by atoms with Gasteiger partial charge in [-0.3, -0.25) is 4.79 Å². The van der Waals surface area contributed by atoms with Gasteiger partial charge < -0.3 is 24.3 Å². The van der Waals surface area contributed by atoms with Crippen molar-refractivity contribution < 1.29 is 14.3 Å². The van der Waals surface area contributed by atoms with Gasteiger partial charge >= 0.3 is 0 Å². The van der Waals surface area contributed by atoms with Crippen LogP contribution in [0.3, 0.4) is 0 Å². The first kappa shape index (κ1) is 22.4. The molecule has 1 amide bonds. The van der Waals surface area contributed by atoms with Gasteiger partial charge in [-0.15, -0.1) is 0 Å². The number of hydrogen-bond donors (Lipinski definition) is 1. The third kappa shape index (κ3) is 4.79. The number of carbonyl (C=O) groups excluding carboxylic acids is 1. The van der Waals surface area contributed by atoms with Crippen LogP contribution in [0.15, 0.2) is 67.1 Å². The number of aromatic nitrogens is 4. The average Bonchev–Trinajstić information content (AvgIpc) is 3.20. The molecule has 9 heteroatoms. The van der Waals surface area contributed by atoms with Crippen LogP contribution in [0.4, 0.5) is 11.6 Å². The standard InChI is InChI=1S/C26H26N6O3/c1-17-13-32(16-27-17)21-10-12-24(30-26(21)34-3)28-23-11-9-20-14-31(18(2)33)15-22(35-25(20)29-23)19-7-5-4-6-8-19/h4-13,16,22H,14-15H2,1-3H3,(H,28,29,30). The molecule has 1 aliphatic rings. The maximum Gasteiger partial charge on any atom is 0.240 e. The molecule has 1 aromatic carbocycles. The molecule has 0 fully saturated rings. The maximum absolute atomic E-state index is 12.2. The number of rotatable bonds is 5. The lowest BCUT2D eigenvalue weighted by Crippen LogP contribution is -2.32. The minimum absolute atomic E-state index is 0.00551. The molecule has 1 unspecified atom stereocenters. The zero-order valence-corrected chi connectivity index (χ0v) is 19.8. The van der Waals surface area contributed by atoms with Crippen LogP contribution in [0.25, 0.3) is 5.69 Å². The van der Waals surface area contributed by atoms with Crippen LogP contribution in [0.1, 0.15) is 29.8 Å². The minimum atomic E-state index is -0.319. The molecule has 1 N–H and O–H groups in total. The predicted octanol–water partition coefficient (Wildman–Crippen LogP) is 4.21. The molecule has 4 aromatic rings. The maximum atomic E-state index is 12.2. The number of ether oxygens (including phenoxy) is 2. The Hall–Kier alpha value is -4.40. The summed E-state index contributed by atoms with van der Waals surface area (Å²) in [5.41, 5.74) is 3.52. The second-order valence-corrected chi connectivity index (χ2v) is 8.35. The van der Waals surface area contributed by atoms with Gasteiger partial charge in [-0.25, -0.2) is 4.98 Å². The topological polar surface area (TPSA) is 94.4 Å². The van der Waals surface area contributed by atoms with Gasteiger partial charge in [0.05, 0.1) is 32.2 Å². The van der Waals surface area contributed by atoms with Gasteiger partial charge in [0.25, 0.3) is 0 Å². The van der Waals surface area contributed by atoms with Gasteiger partial charge in [0.1, 0.15) is 23.4 Å². The third-order valence-electron chi connectivity index (χ3n) is 5.84. The monoisotopic (exact) mass is 470 g/mol. The van der Waals surface area contributed by atoms with Crippen LogP contribution in [0.5, 0.6) is 11.8 Å². The van der Waals surface area contributed by atoms with Gasteiger partial charge in [-0.2, -0.15) is 9.97 Å². The molecule has 0 aliphatic carbocycles. The molecule has 35 heavy (non-hydrogen) atoms.